The van der Waals surface area contributed by atoms with Crippen molar-refractivity contribution in [2.75, 3.05) is 0 Å². The van der Waals surface area contributed by atoms with Gasteiger partial charge in [-0.25, -0.2) is 9.78 Å². The summed E-state index contributed by atoms with van der Waals surface area (Å²) in [5.74, 6) is -0.993. The lowest BCUT2D eigenvalue weighted by atomic mass is 10.2. The molecule has 0 saturated carbocycles. The highest BCUT2D eigenvalue weighted by Gasteiger charge is 2.10. The highest BCUT2D eigenvalue weighted by Crippen LogP contribution is 2.12. The summed E-state index contributed by atoms with van der Waals surface area (Å²) in [7, 11) is 0. The average molecular weight is 190 g/mol. The second-order valence-corrected chi connectivity index (χ2v) is 3.28. The van der Waals surface area contributed by atoms with Gasteiger partial charge in [0.1, 0.15) is 5.65 Å². The molecule has 0 radical (unpaired) electrons. The number of aryl methyl sites for hydroxylation is 2. The van der Waals surface area contributed by atoms with E-state index in [0.717, 1.165) is 11.3 Å². The summed E-state index contributed by atoms with van der Waals surface area (Å²) in [5, 5.41) is 8.79. The standard InChI is InChI=1S/C10H10N2O2/c1-6-3-4-7(2)12-5-8(10(13)14)11-9(6)12/h3-5H,1-2H3,(H,13,14). The Morgan fingerprint density at radius 2 is 2.14 bits per heavy atom. The van der Waals surface area contributed by atoms with E-state index >= 15 is 0 Å². The average Bonchev–Trinajstić information content (AvgIpc) is 2.57. The Labute approximate surface area is 80.8 Å². The molecule has 0 aliphatic heterocycles. The monoisotopic (exact) mass is 190 g/mol. The number of aromatic nitrogens is 2. The molecule has 0 aromatic carbocycles. The van der Waals surface area contributed by atoms with Crippen LogP contribution in [-0.2, 0) is 0 Å². The van der Waals surface area contributed by atoms with Crippen LogP contribution >= 0.6 is 0 Å². The van der Waals surface area contributed by atoms with E-state index < -0.39 is 5.97 Å². The summed E-state index contributed by atoms with van der Waals surface area (Å²) in [6, 6.07) is 3.87. The molecule has 0 saturated heterocycles. The van der Waals surface area contributed by atoms with Gasteiger partial charge in [0.05, 0.1) is 0 Å². The quantitative estimate of drug-likeness (QED) is 0.743. The number of nitrogens with zero attached hydrogens (tertiary/aromatic N) is 2. The highest BCUT2D eigenvalue weighted by atomic mass is 16.4. The zero-order chi connectivity index (χ0) is 10.3. The van der Waals surface area contributed by atoms with Gasteiger partial charge in [-0.1, -0.05) is 6.07 Å². The first-order chi connectivity index (χ1) is 6.59. The van der Waals surface area contributed by atoms with E-state index in [9.17, 15) is 4.79 Å². The summed E-state index contributed by atoms with van der Waals surface area (Å²) in [6.45, 7) is 3.83. The van der Waals surface area contributed by atoms with E-state index in [1.54, 1.807) is 10.6 Å². The van der Waals surface area contributed by atoms with E-state index in [-0.39, 0.29) is 5.69 Å². The van der Waals surface area contributed by atoms with Gasteiger partial charge in [0.15, 0.2) is 5.69 Å². The number of pyridine rings is 1. The smallest absolute Gasteiger partial charge is 0.356 e. The summed E-state index contributed by atoms with van der Waals surface area (Å²) < 4.78 is 1.79. The molecule has 2 heterocycles. The van der Waals surface area contributed by atoms with Gasteiger partial charge in [-0.05, 0) is 25.5 Å². The van der Waals surface area contributed by atoms with Crippen LogP contribution in [0, 0.1) is 13.8 Å². The van der Waals surface area contributed by atoms with E-state index in [2.05, 4.69) is 4.98 Å². The number of hydrogen-bond acceptors (Lipinski definition) is 2. The van der Waals surface area contributed by atoms with Crippen LogP contribution in [-0.4, -0.2) is 20.5 Å². The molecule has 0 unspecified atom stereocenters. The van der Waals surface area contributed by atoms with Gasteiger partial charge in [0, 0.05) is 11.9 Å². The topological polar surface area (TPSA) is 54.6 Å². The molecule has 2 rings (SSSR count). The van der Waals surface area contributed by atoms with E-state index in [4.69, 9.17) is 5.11 Å². The van der Waals surface area contributed by atoms with E-state index in [0.29, 0.717) is 5.65 Å². The number of carboxylic acid groups (broad SMARTS) is 1. The van der Waals surface area contributed by atoms with Gasteiger partial charge in [-0.2, -0.15) is 0 Å². The summed E-state index contributed by atoms with van der Waals surface area (Å²) >= 11 is 0. The molecule has 0 amide bonds. The van der Waals surface area contributed by atoms with E-state index in [1.807, 2.05) is 26.0 Å². The highest BCUT2D eigenvalue weighted by molar-refractivity contribution is 5.86. The van der Waals surface area contributed by atoms with Crippen LogP contribution in [0.5, 0.6) is 0 Å². The normalized spacial score (nSPS) is 10.7. The van der Waals surface area contributed by atoms with Crippen LogP contribution in [0.25, 0.3) is 5.65 Å². The minimum atomic E-state index is -0.993. The lowest BCUT2D eigenvalue weighted by molar-refractivity contribution is 0.0691. The molecule has 0 spiro atoms. The van der Waals surface area contributed by atoms with Crippen LogP contribution in [0.15, 0.2) is 18.3 Å². The molecule has 2 aromatic heterocycles. The summed E-state index contributed by atoms with van der Waals surface area (Å²) in [4.78, 5) is 14.8. The molecular weight excluding hydrogens is 180 g/mol. The fraction of sp³-hybridized carbons (Fsp3) is 0.200. The van der Waals surface area contributed by atoms with Crippen molar-refractivity contribution in [3.05, 3.63) is 35.3 Å². The largest absolute Gasteiger partial charge is 0.476 e. The Morgan fingerprint density at radius 3 is 2.71 bits per heavy atom. The molecule has 0 fully saturated rings. The fourth-order valence-corrected chi connectivity index (χ4v) is 1.43. The number of carboxylic acids is 1. The molecule has 0 bridgehead atoms. The first-order valence-corrected chi connectivity index (χ1v) is 4.28. The van der Waals surface area contributed by atoms with Crippen LogP contribution in [0.2, 0.25) is 0 Å². The van der Waals surface area contributed by atoms with Crippen LogP contribution < -0.4 is 0 Å². The lowest BCUT2D eigenvalue weighted by Gasteiger charge is -2.00. The molecule has 14 heavy (non-hydrogen) atoms. The molecule has 72 valence electrons. The Bertz CT molecular complexity index is 475. The third kappa shape index (κ3) is 1.16. The number of hydrogen-bond donors (Lipinski definition) is 1. The Kier molecular flexibility index (Phi) is 1.77. The first kappa shape index (κ1) is 8.74. The van der Waals surface area contributed by atoms with Gasteiger partial charge < -0.3 is 9.51 Å². The number of imidazole rings is 1. The van der Waals surface area contributed by atoms with Gasteiger partial charge in [-0.3, -0.25) is 0 Å². The van der Waals surface area contributed by atoms with Crippen molar-refractivity contribution in [2.24, 2.45) is 0 Å². The maximum atomic E-state index is 10.7. The first-order valence-electron chi connectivity index (χ1n) is 4.28. The van der Waals surface area contributed by atoms with Crippen molar-refractivity contribution in [3.8, 4) is 0 Å². The van der Waals surface area contributed by atoms with Gasteiger partial charge in [0.2, 0.25) is 0 Å². The predicted octanol–water partition coefficient (Wildman–Crippen LogP) is 1.65. The van der Waals surface area contributed by atoms with Crippen molar-refractivity contribution >= 4 is 11.6 Å². The predicted molar refractivity (Wildman–Crippen MR) is 51.6 cm³/mol. The summed E-state index contributed by atoms with van der Waals surface area (Å²) in [6.07, 6.45) is 1.54. The van der Waals surface area contributed by atoms with Crippen LogP contribution in [0.4, 0.5) is 0 Å². The molecule has 1 N–H and O–H groups in total. The molecular formula is C10H10N2O2. The van der Waals surface area contributed by atoms with Crippen LogP contribution in [0.3, 0.4) is 0 Å². The van der Waals surface area contributed by atoms with Crippen molar-refractivity contribution in [1.82, 2.24) is 9.38 Å². The second kappa shape index (κ2) is 2.83. The molecule has 4 nitrogen and oxygen atoms in total. The Hall–Kier alpha value is -1.84. The molecule has 2 aromatic rings. The maximum absolute atomic E-state index is 10.7. The Morgan fingerprint density at radius 1 is 1.43 bits per heavy atom. The van der Waals surface area contributed by atoms with Gasteiger partial charge in [-0.15, -0.1) is 0 Å². The van der Waals surface area contributed by atoms with Crippen LogP contribution in [0.1, 0.15) is 21.7 Å². The number of carbonyl (C=O) groups is 1. The van der Waals surface area contributed by atoms with Crippen molar-refractivity contribution in [2.45, 2.75) is 13.8 Å². The van der Waals surface area contributed by atoms with E-state index in [1.165, 1.54) is 0 Å². The molecule has 0 aliphatic carbocycles. The van der Waals surface area contributed by atoms with Gasteiger partial charge in [0.25, 0.3) is 0 Å². The number of fused-ring (bicyclic) bond motifs is 1. The van der Waals surface area contributed by atoms with Crippen molar-refractivity contribution in [1.29, 1.82) is 0 Å². The number of aromatic carboxylic acids is 1. The minimum Gasteiger partial charge on any atom is -0.476 e. The van der Waals surface area contributed by atoms with Gasteiger partial charge >= 0.3 is 5.97 Å². The lowest BCUT2D eigenvalue weighted by Crippen LogP contribution is -1.95. The van der Waals surface area contributed by atoms with Crippen molar-refractivity contribution < 1.29 is 9.90 Å². The molecule has 0 atom stereocenters. The third-order valence-corrected chi connectivity index (χ3v) is 2.23. The third-order valence-electron chi connectivity index (χ3n) is 2.23. The Balaban J connectivity index is 2.82. The zero-order valence-electron chi connectivity index (χ0n) is 7.98. The minimum absolute atomic E-state index is 0.0856. The van der Waals surface area contributed by atoms with Crippen molar-refractivity contribution in [3.63, 3.8) is 0 Å². The summed E-state index contributed by atoms with van der Waals surface area (Å²) in [5.41, 5.74) is 2.75. The second-order valence-electron chi connectivity index (χ2n) is 3.28. The zero-order valence-corrected chi connectivity index (χ0v) is 7.98. The SMILES string of the molecule is Cc1ccc(C)n2cc(C(=O)O)nc12. The fourth-order valence-electron chi connectivity index (χ4n) is 1.43. The molecule has 0 aliphatic rings. The number of rotatable bonds is 1. The maximum Gasteiger partial charge on any atom is 0.356 e. The molecule has 4 heteroatoms.